The Balaban J connectivity index is 2.81. The average molecular weight is 367 g/mol. The van der Waals surface area contributed by atoms with E-state index in [2.05, 4.69) is 5.32 Å². The van der Waals surface area contributed by atoms with Gasteiger partial charge in [0, 0.05) is 11.7 Å². The van der Waals surface area contributed by atoms with Crippen LogP contribution in [0.4, 0.5) is 0 Å². The van der Waals surface area contributed by atoms with E-state index in [0.717, 1.165) is 22.8 Å². The number of ether oxygens (including phenoxy) is 1. The molecule has 0 bridgehead atoms. The smallest absolute Gasteiger partial charge is 0.323 e. The number of carboxylic acid groups (broad SMARTS) is 1. The predicted octanol–water partition coefficient (Wildman–Crippen LogP) is 0.589. The largest absolute Gasteiger partial charge is 0.480 e. The van der Waals surface area contributed by atoms with Crippen LogP contribution in [0.5, 0.6) is 0 Å². The summed E-state index contributed by atoms with van der Waals surface area (Å²) < 4.78 is 4.36. The number of rotatable bonds is 7. The summed E-state index contributed by atoms with van der Waals surface area (Å²) in [7, 11) is 6.74. The minimum Gasteiger partial charge on any atom is -0.480 e. The molecule has 0 aromatic rings. The number of hydrogen-bond acceptors (Lipinski definition) is 6. The molecule has 0 aromatic heterocycles. The molecule has 1 heterocycles. The van der Waals surface area contributed by atoms with Crippen LogP contribution in [0.25, 0.3) is 0 Å². The van der Waals surface area contributed by atoms with E-state index < -0.39 is 53.2 Å². The van der Waals surface area contributed by atoms with E-state index in [1.807, 2.05) is 0 Å². The number of nitrogens with zero attached hydrogens (tertiary/aromatic N) is 1. The summed E-state index contributed by atoms with van der Waals surface area (Å²) in [4.78, 5) is 47.0. The molecule has 1 fully saturated rings. The maximum Gasteiger partial charge on any atom is 0.323 e. The van der Waals surface area contributed by atoms with E-state index in [0.29, 0.717) is 0 Å². The minimum atomic E-state index is -1.24. The normalized spacial score (nSPS) is 22.1. The zero-order chi connectivity index (χ0) is 17.9. The number of likely N-dealkylation sites (tertiary alicyclic amines) is 1. The van der Waals surface area contributed by atoms with Crippen molar-refractivity contribution in [3.63, 3.8) is 0 Å². The van der Waals surface area contributed by atoms with Gasteiger partial charge in [-0.2, -0.15) is 0 Å². The number of esters is 1. The van der Waals surface area contributed by atoms with Gasteiger partial charge >= 0.3 is 11.9 Å². The highest BCUT2D eigenvalue weighted by Crippen LogP contribution is 2.35. The molecule has 1 aliphatic rings. The topological polar surface area (TPSA) is 113 Å². The quantitative estimate of drug-likeness (QED) is 0.500. The fourth-order valence-corrected chi connectivity index (χ4v) is 2.57. The number of carbonyl (C=O) groups excluding carboxylic acids is 3. The molecule has 1 aliphatic heterocycles. The van der Waals surface area contributed by atoms with Gasteiger partial charge in [0.1, 0.15) is 6.54 Å². The first-order valence-electron chi connectivity index (χ1n) is 6.81. The van der Waals surface area contributed by atoms with Crippen LogP contribution in [0.2, 0.25) is 0 Å². The third-order valence-electron chi connectivity index (χ3n) is 3.67. The van der Waals surface area contributed by atoms with E-state index in [-0.39, 0.29) is 0 Å². The maximum atomic E-state index is 12.2. The lowest BCUT2D eigenvalue weighted by Gasteiger charge is -2.45. The van der Waals surface area contributed by atoms with Gasteiger partial charge in [0.25, 0.3) is 5.91 Å². The van der Waals surface area contributed by atoms with E-state index in [1.54, 1.807) is 20.8 Å². The molecule has 3 unspecified atom stereocenters. The third-order valence-corrected chi connectivity index (χ3v) is 5.61. The third kappa shape index (κ3) is 4.51. The number of halogens is 1. The Kier molecular flexibility index (Phi) is 6.29. The van der Waals surface area contributed by atoms with Crippen molar-refractivity contribution < 1.29 is 29.0 Å². The van der Waals surface area contributed by atoms with E-state index in [4.69, 9.17) is 20.5 Å². The zero-order valence-corrected chi connectivity index (χ0v) is 14.7. The van der Waals surface area contributed by atoms with Gasteiger partial charge in [0.2, 0.25) is 12.1 Å². The van der Waals surface area contributed by atoms with Gasteiger partial charge in [0.05, 0.1) is 5.92 Å². The molecule has 0 saturated carbocycles. The van der Waals surface area contributed by atoms with Crippen molar-refractivity contribution in [2.45, 2.75) is 44.7 Å². The number of hydrogen-bond donors (Lipinski definition) is 2. The molecule has 1 saturated heterocycles. The fourth-order valence-electron chi connectivity index (χ4n) is 1.93. The lowest BCUT2D eigenvalue weighted by Crippen LogP contribution is -2.73. The molecular weight excluding hydrogens is 348 g/mol. The van der Waals surface area contributed by atoms with Crippen molar-refractivity contribution in [3.8, 4) is 0 Å². The molecule has 2 N–H and O–H groups in total. The molecule has 2 amide bonds. The van der Waals surface area contributed by atoms with Crippen LogP contribution in [-0.2, 0) is 23.9 Å². The summed E-state index contributed by atoms with van der Waals surface area (Å²) in [5.41, 5.74) is 0. The van der Waals surface area contributed by atoms with Gasteiger partial charge in [-0.05, 0) is 35.5 Å². The lowest BCUT2D eigenvalue weighted by atomic mass is 9.94. The highest BCUT2D eigenvalue weighted by Gasteiger charge is 2.52. The monoisotopic (exact) mass is 366 g/mol. The number of aliphatic carboxylic acids is 1. The fraction of sp³-hybridized carbons (Fsp3) is 0.692. The molecule has 0 aliphatic carbocycles. The molecule has 3 atom stereocenters. The predicted molar refractivity (Wildman–Crippen MR) is 83.5 cm³/mol. The van der Waals surface area contributed by atoms with Crippen LogP contribution in [0, 0.1) is 5.92 Å². The molecule has 0 aromatic carbocycles. The lowest BCUT2D eigenvalue weighted by molar-refractivity contribution is -0.193. The Labute approximate surface area is 142 Å². The second-order valence-electron chi connectivity index (χ2n) is 5.75. The summed E-state index contributed by atoms with van der Waals surface area (Å²) in [6.45, 7) is 5.73. The van der Waals surface area contributed by atoms with Crippen molar-refractivity contribution >= 4 is 45.4 Å². The van der Waals surface area contributed by atoms with Crippen LogP contribution < -0.4 is 5.32 Å². The van der Waals surface area contributed by atoms with Crippen LogP contribution in [-0.4, -0.2) is 57.3 Å². The Bertz CT molecular complexity index is 527. The van der Waals surface area contributed by atoms with Crippen LogP contribution in [0.1, 0.15) is 27.7 Å². The van der Waals surface area contributed by atoms with Gasteiger partial charge in [-0.3, -0.25) is 24.1 Å². The van der Waals surface area contributed by atoms with Gasteiger partial charge in [-0.15, -0.1) is 0 Å². The second-order valence-corrected chi connectivity index (χ2v) is 7.42. The zero-order valence-electron chi connectivity index (χ0n) is 13.2. The molecule has 0 radical (unpaired) electrons. The Hall–Kier alpha value is -1.48. The van der Waals surface area contributed by atoms with Gasteiger partial charge in [0.15, 0.2) is 6.04 Å². The van der Waals surface area contributed by atoms with E-state index >= 15 is 0 Å². The Morgan fingerprint density at radius 2 is 2.04 bits per heavy atom. The van der Waals surface area contributed by atoms with Gasteiger partial charge in [-0.25, -0.2) is 0 Å². The molecule has 130 valence electrons. The molecule has 10 heteroatoms. The first-order chi connectivity index (χ1) is 10.5. The highest BCUT2D eigenvalue weighted by atomic mass is 35.7. The summed E-state index contributed by atoms with van der Waals surface area (Å²) in [5, 5.41) is 11.3. The van der Waals surface area contributed by atoms with Crippen LogP contribution in [0.3, 0.4) is 0 Å². The standard InChI is InChI=1S/C13H19ClN2O6S/c1-6(13(3,4)23-14)10(20)15-9-11(21)16(5-8(18)19)12(9)22-7(2)17/h6,9,12H,5H2,1-4H3,(H,15,20)(H,18,19). The van der Waals surface area contributed by atoms with Crippen molar-refractivity contribution in [3.05, 3.63) is 0 Å². The minimum absolute atomic E-state index is 0.436. The number of amides is 2. The van der Waals surface area contributed by atoms with Crippen molar-refractivity contribution in [2.75, 3.05) is 6.54 Å². The van der Waals surface area contributed by atoms with Crippen LogP contribution >= 0.6 is 21.7 Å². The maximum absolute atomic E-state index is 12.2. The molecule has 8 nitrogen and oxygen atoms in total. The first kappa shape index (κ1) is 19.6. The van der Waals surface area contributed by atoms with E-state index in [1.165, 1.54) is 0 Å². The number of carboxylic acids is 1. The number of nitrogens with one attached hydrogen (secondary N) is 1. The number of β-lactam (4-membered cyclic amide) rings is 1. The second kappa shape index (κ2) is 7.39. The molecular formula is C13H19ClN2O6S. The molecule has 1 rings (SSSR count). The Morgan fingerprint density at radius 1 is 1.48 bits per heavy atom. The van der Waals surface area contributed by atoms with Crippen LogP contribution in [0.15, 0.2) is 0 Å². The first-order valence-corrected chi connectivity index (χ1v) is 8.45. The van der Waals surface area contributed by atoms with Gasteiger partial charge < -0.3 is 15.2 Å². The Morgan fingerprint density at radius 3 is 2.48 bits per heavy atom. The molecule has 23 heavy (non-hydrogen) atoms. The van der Waals surface area contributed by atoms with Crippen molar-refractivity contribution in [1.29, 1.82) is 0 Å². The summed E-state index contributed by atoms with van der Waals surface area (Å²) in [5.74, 6) is -3.50. The summed E-state index contributed by atoms with van der Waals surface area (Å²) >= 11 is 0. The average Bonchev–Trinajstić information content (AvgIpc) is 2.47. The molecule has 0 spiro atoms. The SMILES string of the molecule is CC(=O)OC1C(NC(=O)C(C)C(C)(C)SCl)C(=O)N1CC(=O)O. The highest BCUT2D eigenvalue weighted by molar-refractivity contribution is 8.22. The van der Waals surface area contributed by atoms with Crippen molar-refractivity contribution in [2.24, 2.45) is 5.92 Å². The summed E-state index contributed by atoms with van der Waals surface area (Å²) in [6, 6.07) is -1.09. The summed E-state index contributed by atoms with van der Waals surface area (Å²) in [6.07, 6.45) is -1.13. The van der Waals surface area contributed by atoms with E-state index in [9.17, 15) is 19.2 Å². The van der Waals surface area contributed by atoms with Gasteiger partial charge in [-0.1, -0.05) is 6.92 Å². The van der Waals surface area contributed by atoms with Crippen molar-refractivity contribution in [1.82, 2.24) is 10.2 Å². The number of carbonyl (C=O) groups is 4.